The molecule has 0 bridgehead atoms. The Morgan fingerprint density at radius 2 is 1.66 bits per heavy atom. The number of aryl methyl sites for hydroxylation is 1. The standard InChI is InChI=1S/C27H25Cl2N3O3/c28-18-4-6-23-21(14-18)26(22-15-19(29)5-7-24(22)35-23)27(34)31-20-9-12-32(13-10-20)25(33)8-3-17-2-1-11-30-16-17/h1-2,4-7,11,14-16,20,26H,3,8-10,12-13H2,(H,31,34). The average Bonchev–Trinajstić information content (AvgIpc) is 2.87. The van der Waals surface area contributed by atoms with Gasteiger partial charge in [0, 0.05) is 59.1 Å². The first-order chi connectivity index (χ1) is 17.0. The Morgan fingerprint density at radius 3 is 2.26 bits per heavy atom. The molecule has 8 heteroatoms. The highest BCUT2D eigenvalue weighted by molar-refractivity contribution is 6.31. The summed E-state index contributed by atoms with van der Waals surface area (Å²) in [7, 11) is 0. The van der Waals surface area contributed by atoms with E-state index in [1.54, 1.807) is 48.8 Å². The fraction of sp³-hybridized carbons (Fsp3) is 0.296. The summed E-state index contributed by atoms with van der Waals surface area (Å²) in [4.78, 5) is 32.2. The van der Waals surface area contributed by atoms with Crippen molar-refractivity contribution in [2.24, 2.45) is 0 Å². The maximum absolute atomic E-state index is 13.5. The van der Waals surface area contributed by atoms with E-state index >= 15 is 0 Å². The van der Waals surface area contributed by atoms with Gasteiger partial charge in [-0.3, -0.25) is 14.6 Å². The lowest BCUT2D eigenvalue weighted by molar-refractivity contribution is -0.132. The molecule has 0 saturated carbocycles. The number of hydrogen-bond acceptors (Lipinski definition) is 4. The van der Waals surface area contributed by atoms with Crippen molar-refractivity contribution in [3.05, 3.63) is 87.7 Å². The SMILES string of the molecule is O=C(NC1CCN(C(=O)CCc2cccnc2)CC1)C1c2cc(Cl)ccc2Oc2ccc(Cl)cc21. The Morgan fingerprint density at radius 1 is 1.00 bits per heavy atom. The van der Waals surface area contributed by atoms with Crippen LogP contribution in [0.15, 0.2) is 60.9 Å². The number of carbonyl (C=O) groups is 2. The van der Waals surface area contributed by atoms with E-state index in [1.807, 2.05) is 17.0 Å². The summed E-state index contributed by atoms with van der Waals surface area (Å²) in [5.74, 6) is 0.652. The van der Waals surface area contributed by atoms with Crippen LogP contribution in [0.2, 0.25) is 10.0 Å². The molecule has 0 atom stereocenters. The monoisotopic (exact) mass is 509 g/mol. The molecule has 2 amide bonds. The van der Waals surface area contributed by atoms with Gasteiger partial charge in [-0.1, -0.05) is 29.3 Å². The number of rotatable bonds is 5. The predicted octanol–water partition coefficient (Wildman–Crippen LogP) is 5.37. The fourth-order valence-electron chi connectivity index (χ4n) is 4.76. The molecule has 3 heterocycles. The lowest BCUT2D eigenvalue weighted by Gasteiger charge is -2.34. The zero-order valence-electron chi connectivity index (χ0n) is 19.0. The van der Waals surface area contributed by atoms with Crippen molar-refractivity contribution in [2.75, 3.05) is 13.1 Å². The number of amides is 2. The quantitative estimate of drug-likeness (QED) is 0.502. The number of fused-ring (bicyclic) bond motifs is 2. The van der Waals surface area contributed by atoms with Gasteiger partial charge >= 0.3 is 0 Å². The van der Waals surface area contributed by atoms with Crippen molar-refractivity contribution in [1.29, 1.82) is 0 Å². The van der Waals surface area contributed by atoms with Gasteiger partial charge in [0.2, 0.25) is 11.8 Å². The van der Waals surface area contributed by atoms with Gasteiger partial charge in [-0.05, 0) is 67.3 Å². The van der Waals surface area contributed by atoms with Crippen molar-refractivity contribution < 1.29 is 14.3 Å². The fourth-order valence-corrected chi connectivity index (χ4v) is 5.12. The van der Waals surface area contributed by atoms with E-state index in [4.69, 9.17) is 27.9 Å². The van der Waals surface area contributed by atoms with Crippen LogP contribution in [0.5, 0.6) is 11.5 Å². The lowest BCUT2D eigenvalue weighted by Crippen LogP contribution is -2.47. The molecule has 1 fully saturated rings. The van der Waals surface area contributed by atoms with Gasteiger partial charge in [-0.2, -0.15) is 0 Å². The molecule has 5 rings (SSSR count). The Hall–Kier alpha value is -3.09. The van der Waals surface area contributed by atoms with Gasteiger partial charge in [0.05, 0.1) is 5.92 Å². The van der Waals surface area contributed by atoms with Gasteiger partial charge in [-0.15, -0.1) is 0 Å². The third kappa shape index (κ3) is 5.29. The van der Waals surface area contributed by atoms with Gasteiger partial charge in [0.15, 0.2) is 0 Å². The van der Waals surface area contributed by atoms with Gasteiger partial charge < -0.3 is 15.0 Å². The summed E-state index contributed by atoms with van der Waals surface area (Å²) in [5, 5.41) is 4.27. The Bertz CT molecular complexity index is 1190. The maximum atomic E-state index is 13.5. The first-order valence-electron chi connectivity index (χ1n) is 11.7. The molecular formula is C27H25Cl2N3O3. The smallest absolute Gasteiger partial charge is 0.232 e. The second-order valence-electron chi connectivity index (χ2n) is 8.92. The minimum absolute atomic E-state index is 0.0158. The second kappa shape index (κ2) is 10.3. The van der Waals surface area contributed by atoms with E-state index in [2.05, 4.69) is 10.3 Å². The largest absolute Gasteiger partial charge is 0.457 e. The number of piperidine rings is 1. The highest BCUT2D eigenvalue weighted by atomic mass is 35.5. The van der Waals surface area contributed by atoms with E-state index in [9.17, 15) is 9.59 Å². The Kier molecular flexibility index (Phi) is 6.93. The molecule has 0 spiro atoms. The zero-order valence-corrected chi connectivity index (χ0v) is 20.6. The molecule has 2 aliphatic heterocycles. The molecule has 0 radical (unpaired) electrons. The van der Waals surface area contributed by atoms with Gasteiger partial charge in [0.25, 0.3) is 0 Å². The maximum Gasteiger partial charge on any atom is 0.232 e. The zero-order chi connectivity index (χ0) is 24.4. The van der Waals surface area contributed by atoms with Crippen molar-refractivity contribution in [1.82, 2.24) is 15.2 Å². The number of halogens is 2. The molecule has 1 aromatic heterocycles. The van der Waals surface area contributed by atoms with Crippen molar-refractivity contribution in [3.63, 3.8) is 0 Å². The summed E-state index contributed by atoms with van der Waals surface area (Å²) < 4.78 is 6.01. The molecule has 0 aliphatic carbocycles. The number of pyridine rings is 1. The number of carbonyl (C=O) groups excluding carboxylic acids is 2. The molecule has 3 aromatic rings. The normalized spacial score (nSPS) is 15.7. The van der Waals surface area contributed by atoms with Crippen LogP contribution in [0.3, 0.4) is 0 Å². The number of hydrogen-bond donors (Lipinski definition) is 1. The summed E-state index contributed by atoms with van der Waals surface area (Å²) in [5.41, 5.74) is 2.49. The van der Waals surface area contributed by atoms with Crippen LogP contribution in [0, 0.1) is 0 Å². The number of aromatic nitrogens is 1. The molecule has 0 unspecified atom stereocenters. The molecule has 2 aliphatic rings. The topological polar surface area (TPSA) is 71.5 Å². The average molecular weight is 510 g/mol. The van der Waals surface area contributed by atoms with E-state index in [-0.39, 0.29) is 17.9 Å². The minimum atomic E-state index is -0.578. The first-order valence-corrected chi connectivity index (χ1v) is 12.5. The van der Waals surface area contributed by atoms with Crippen LogP contribution < -0.4 is 10.1 Å². The molecule has 6 nitrogen and oxygen atoms in total. The molecule has 1 N–H and O–H groups in total. The first kappa shape index (κ1) is 23.6. The van der Waals surface area contributed by atoms with Gasteiger partial charge in [-0.25, -0.2) is 0 Å². The number of nitrogens with one attached hydrogen (secondary N) is 1. The summed E-state index contributed by atoms with van der Waals surface area (Å²) in [6.07, 6.45) is 6.07. The van der Waals surface area contributed by atoms with E-state index in [0.29, 0.717) is 71.4 Å². The second-order valence-corrected chi connectivity index (χ2v) is 9.80. The van der Waals surface area contributed by atoms with Crippen molar-refractivity contribution >= 4 is 35.0 Å². The van der Waals surface area contributed by atoms with Crippen LogP contribution in [0.4, 0.5) is 0 Å². The Balaban J connectivity index is 1.23. The summed E-state index contributed by atoms with van der Waals surface area (Å²) >= 11 is 12.5. The van der Waals surface area contributed by atoms with Crippen molar-refractivity contribution in [3.8, 4) is 11.5 Å². The highest BCUT2D eigenvalue weighted by Gasteiger charge is 2.35. The molecule has 2 aromatic carbocycles. The van der Waals surface area contributed by atoms with Crippen LogP contribution in [0.25, 0.3) is 0 Å². The molecular weight excluding hydrogens is 485 g/mol. The number of nitrogens with zero attached hydrogens (tertiary/aromatic N) is 2. The highest BCUT2D eigenvalue weighted by Crippen LogP contribution is 2.46. The lowest BCUT2D eigenvalue weighted by atomic mass is 9.86. The molecule has 1 saturated heterocycles. The number of likely N-dealkylation sites (tertiary alicyclic amines) is 1. The Labute approximate surface area is 214 Å². The van der Waals surface area contributed by atoms with Crippen molar-refractivity contribution in [2.45, 2.75) is 37.6 Å². The van der Waals surface area contributed by atoms with E-state index in [0.717, 1.165) is 5.56 Å². The van der Waals surface area contributed by atoms with Crippen LogP contribution in [-0.2, 0) is 16.0 Å². The van der Waals surface area contributed by atoms with Crippen LogP contribution >= 0.6 is 23.2 Å². The number of benzene rings is 2. The third-order valence-corrected chi connectivity index (χ3v) is 7.06. The van der Waals surface area contributed by atoms with E-state index < -0.39 is 5.92 Å². The minimum Gasteiger partial charge on any atom is -0.457 e. The van der Waals surface area contributed by atoms with Crippen LogP contribution in [0.1, 0.15) is 41.9 Å². The third-order valence-electron chi connectivity index (χ3n) is 6.59. The number of ether oxygens (including phenoxy) is 1. The van der Waals surface area contributed by atoms with E-state index in [1.165, 1.54) is 0 Å². The summed E-state index contributed by atoms with van der Waals surface area (Å²) in [6.45, 7) is 1.24. The van der Waals surface area contributed by atoms with Gasteiger partial charge in [0.1, 0.15) is 11.5 Å². The molecule has 35 heavy (non-hydrogen) atoms. The molecule has 180 valence electrons. The van der Waals surface area contributed by atoms with Crippen LogP contribution in [-0.4, -0.2) is 40.8 Å². The predicted molar refractivity (Wildman–Crippen MR) is 135 cm³/mol. The summed E-state index contributed by atoms with van der Waals surface area (Å²) in [6, 6.07) is 14.5.